The summed E-state index contributed by atoms with van der Waals surface area (Å²) in [4.78, 5) is 59.8. The van der Waals surface area contributed by atoms with Crippen LogP contribution < -0.4 is 11.1 Å². The van der Waals surface area contributed by atoms with E-state index in [0.29, 0.717) is 31.6 Å². The number of nitrogens with two attached hydrogens (primary N) is 1. The van der Waals surface area contributed by atoms with Crippen molar-refractivity contribution in [1.29, 1.82) is 0 Å². The molecular formula is C28H44FN5O7. The van der Waals surface area contributed by atoms with Crippen molar-refractivity contribution in [3.05, 3.63) is 60.5 Å². The Morgan fingerprint density at radius 3 is 2.41 bits per heavy atom. The molecule has 1 fully saturated rings. The molecule has 1 aromatic rings. The fourth-order valence-electron chi connectivity index (χ4n) is 3.88. The zero-order valence-electron chi connectivity index (χ0n) is 24.0. The number of likely N-dealkylation sites (N-methyl/N-ethyl adjacent to an activating group) is 1. The monoisotopic (exact) mass is 581 g/mol. The molecule has 0 spiro atoms. The molecule has 0 bridgehead atoms. The number of hydrogen-bond donors (Lipinski definition) is 3. The lowest BCUT2D eigenvalue weighted by Crippen LogP contribution is -2.48. The molecule has 0 radical (unpaired) electrons. The minimum absolute atomic E-state index is 0. The highest BCUT2D eigenvalue weighted by atomic mass is 19.1. The number of primary amides is 1. The number of nitrogens with one attached hydrogen (secondary N) is 1. The second-order valence-corrected chi connectivity index (χ2v) is 10.2. The van der Waals surface area contributed by atoms with Gasteiger partial charge >= 0.3 is 12.2 Å². The molecule has 3 rings (SSSR count). The number of alkyl carbamates (subject to hydrolysis) is 1. The Hall–Kier alpha value is -4.42. The first-order chi connectivity index (χ1) is 19.1. The number of halogens is 1. The van der Waals surface area contributed by atoms with Gasteiger partial charge < -0.3 is 30.7 Å². The zero-order chi connectivity index (χ0) is 31.3. The predicted octanol–water partition coefficient (Wildman–Crippen LogP) is 3.12. The summed E-state index contributed by atoms with van der Waals surface area (Å²) >= 11 is 0. The Bertz CT molecular complexity index is 1150. The number of benzene rings is 1. The smallest absolute Gasteiger partial charge is 0.408 e. The number of rotatable bonds is 6. The molecule has 1 aromatic carbocycles. The maximum absolute atomic E-state index is 13.1. The van der Waals surface area contributed by atoms with Gasteiger partial charge in [-0.05, 0) is 51.3 Å². The van der Waals surface area contributed by atoms with Crippen LogP contribution in [0.5, 0.6) is 0 Å². The third kappa shape index (κ3) is 11.7. The summed E-state index contributed by atoms with van der Waals surface area (Å²) < 4.78 is 18.1. The van der Waals surface area contributed by atoms with E-state index in [-0.39, 0.29) is 33.6 Å². The predicted molar refractivity (Wildman–Crippen MR) is 154 cm³/mol. The van der Waals surface area contributed by atoms with E-state index in [4.69, 9.17) is 15.6 Å². The number of ether oxygens (including phenoxy) is 1. The van der Waals surface area contributed by atoms with Gasteiger partial charge in [-0.15, -0.1) is 6.58 Å². The third-order valence-corrected chi connectivity index (χ3v) is 5.83. The van der Waals surface area contributed by atoms with Crippen LogP contribution in [0.25, 0.3) is 0 Å². The lowest BCUT2D eigenvalue weighted by molar-refractivity contribution is -0.136. The van der Waals surface area contributed by atoms with Gasteiger partial charge in [-0.2, -0.15) is 0 Å². The SMILES string of the molecule is C=CCN(C)C(=O)C=C.CC(C)(C)OC(=O)NCC(=O)N1CCCC1C(N)=O.O=C(O)N1Cc2cccc(F)c2C1.[HH].[HH]. The van der Waals surface area contributed by atoms with E-state index in [0.717, 1.165) is 12.0 Å². The standard InChI is InChI=1S/C12H21N3O4.C9H8FNO2.C7H11NO.2H2/c1-12(2,3)19-11(18)14-7-9(16)15-6-4-5-8(15)10(13)17;10-8-3-1-2-6-4-11(9(12)13)5-7(6)8;1-4-6-8(3)7(9)5-2;;/h8H,4-7H2,1-3H3,(H2,13,17)(H,14,18);1-3H,4-5H2,(H,12,13);4-5H,1-2,6H2,3H3;2*1H. The summed E-state index contributed by atoms with van der Waals surface area (Å²) in [6, 6.07) is 4.14. The van der Waals surface area contributed by atoms with E-state index < -0.39 is 29.7 Å². The van der Waals surface area contributed by atoms with Crippen molar-refractivity contribution in [2.24, 2.45) is 5.73 Å². The van der Waals surface area contributed by atoms with E-state index in [1.54, 1.807) is 46.0 Å². The van der Waals surface area contributed by atoms with Gasteiger partial charge in [0.15, 0.2) is 0 Å². The molecule has 0 aliphatic carbocycles. The van der Waals surface area contributed by atoms with Crippen LogP contribution in [0.1, 0.15) is 47.6 Å². The number of carbonyl (C=O) groups excluding carboxylic acids is 4. The maximum Gasteiger partial charge on any atom is 0.408 e. The van der Waals surface area contributed by atoms with Gasteiger partial charge in [0, 0.05) is 35.1 Å². The molecular weight excluding hydrogens is 537 g/mol. The van der Waals surface area contributed by atoms with Crippen LogP contribution in [0.3, 0.4) is 0 Å². The highest BCUT2D eigenvalue weighted by Crippen LogP contribution is 2.24. The van der Waals surface area contributed by atoms with Gasteiger partial charge in [0.25, 0.3) is 0 Å². The van der Waals surface area contributed by atoms with Crippen LogP contribution in [0.4, 0.5) is 14.0 Å². The Morgan fingerprint density at radius 1 is 1.24 bits per heavy atom. The molecule has 1 atom stereocenters. The first-order valence-electron chi connectivity index (χ1n) is 12.9. The first-order valence-corrected chi connectivity index (χ1v) is 12.9. The number of fused-ring (bicyclic) bond motifs is 1. The number of carbonyl (C=O) groups is 5. The fourth-order valence-corrected chi connectivity index (χ4v) is 3.88. The molecule has 0 saturated carbocycles. The lowest BCUT2D eigenvalue weighted by atomic mass is 10.1. The summed E-state index contributed by atoms with van der Waals surface area (Å²) in [5, 5.41) is 11.1. The molecule has 41 heavy (non-hydrogen) atoms. The van der Waals surface area contributed by atoms with Crippen LogP contribution in [0.15, 0.2) is 43.5 Å². The van der Waals surface area contributed by atoms with Gasteiger partial charge in [-0.1, -0.05) is 24.8 Å². The molecule has 2 heterocycles. The summed E-state index contributed by atoms with van der Waals surface area (Å²) in [6.45, 7) is 13.4. The van der Waals surface area contributed by atoms with Crippen molar-refractivity contribution in [2.45, 2.75) is 58.3 Å². The van der Waals surface area contributed by atoms with Gasteiger partial charge in [0.05, 0.1) is 6.54 Å². The van der Waals surface area contributed by atoms with Gasteiger partial charge in [0.1, 0.15) is 24.0 Å². The van der Waals surface area contributed by atoms with E-state index in [1.807, 2.05) is 0 Å². The number of hydrogen-bond acceptors (Lipinski definition) is 6. The second-order valence-electron chi connectivity index (χ2n) is 10.2. The van der Waals surface area contributed by atoms with Crippen LogP contribution in [0, 0.1) is 5.82 Å². The maximum atomic E-state index is 13.1. The first kappa shape index (κ1) is 34.6. The molecule has 13 heteroatoms. The Morgan fingerprint density at radius 2 is 1.90 bits per heavy atom. The van der Waals surface area contributed by atoms with Crippen LogP contribution in [-0.4, -0.2) is 88.0 Å². The highest BCUT2D eigenvalue weighted by Gasteiger charge is 2.32. The summed E-state index contributed by atoms with van der Waals surface area (Å²) in [6.07, 6.45) is 2.61. The largest absolute Gasteiger partial charge is 0.465 e. The normalized spacial score (nSPS) is 15.2. The summed E-state index contributed by atoms with van der Waals surface area (Å²) in [7, 11) is 1.70. The molecule has 2 aliphatic heterocycles. The molecule has 1 saturated heterocycles. The Balaban J connectivity index is 0. The fraction of sp³-hybridized carbons (Fsp3) is 0.464. The highest BCUT2D eigenvalue weighted by molar-refractivity contribution is 5.89. The van der Waals surface area contributed by atoms with Crippen molar-refractivity contribution < 1.29 is 41.1 Å². The average molecular weight is 582 g/mol. The van der Waals surface area contributed by atoms with E-state index in [9.17, 15) is 28.4 Å². The van der Waals surface area contributed by atoms with Crippen LogP contribution >= 0.6 is 0 Å². The lowest BCUT2D eigenvalue weighted by Gasteiger charge is -2.23. The van der Waals surface area contributed by atoms with Crippen LogP contribution in [0.2, 0.25) is 0 Å². The number of likely N-dealkylation sites (tertiary alicyclic amines) is 1. The summed E-state index contributed by atoms with van der Waals surface area (Å²) in [5.41, 5.74) is 5.88. The minimum Gasteiger partial charge on any atom is -0.465 e. The van der Waals surface area contributed by atoms with Crippen molar-refractivity contribution in [1.82, 2.24) is 20.0 Å². The molecule has 230 valence electrons. The van der Waals surface area contributed by atoms with E-state index >= 15 is 0 Å². The molecule has 0 aromatic heterocycles. The van der Waals surface area contributed by atoms with Crippen molar-refractivity contribution >= 4 is 29.9 Å². The van der Waals surface area contributed by atoms with Gasteiger partial charge in [-0.25, -0.2) is 14.0 Å². The number of nitrogens with zero attached hydrogens (tertiary/aromatic N) is 3. The topological polar surface area (TPSA) is 163 Å². The average Bonchev–Trinajstić information content (AvgIpc) is 3.55. The molecule has 12 nitrogen and oxygen atoms in total. The zero-order valence-corrected chi connectivity index (χ0v) is 24.0. The second kappa shape index (κ2) is 16.0. The molecule has 1 unspecified atom stereocenters. The van der Waals surface area contributed by atoms with Gasteiger partial charge in [-0.3, -0.25) is 19.3 Å². The number of amides is 5. The minimum atomic E-state index is -1.00. The van der Waals surface area contributed by atoms with Crippen molar-refractivity contribution in [3.8, 4) is 0 Å². The third-order valence-electron chi connectivity index (χ3n) is 5.83. The molecule has 5 amide bonds. The summed E-state index contributed by atoms with van der Waals surface area (Å²) in [5.74, 6) is -1.23. The quantitative estimate of drug-likeness (QED) is 0.343. The Kier molecular flexibility index (Phi) is 13.5. The van der Waals surface area contributed by atoms with E-state index in [2.05, 4.69) is 18.5 Å². The van der Waals surface area contributed by atoms with Crippen molar-refractivity contribution in [2.75, 3.05) is 26.7 Å². The van der Waals surface area contributed by atoms with E-state index in [1.165, 1.54) is 26.8 Å². The molecule has 4 N–H and O–H groups in total. The van der Waals surface area contributed by atoms with Crippen LogP contribution in [-0.2, 0) is 32.2 Å². The van der Waals surface area contributed by atoms with Gasteiger partial charge in [0.2, 0.25) is 17.7 Å². The Labute approximate surface area is 242 Å². The number of carboxylic acid groups (broad SMARTS) is 1. The molecule has 2 aliphatic rings. The van der Waals surface area contributed by atoms with Crippen molar-refractivity contribution in [3.63, 3.8) is 0 Å².